The minimum atomic E-state index is 0.207. The molecule has 1 aromatic rings. The summed E-state index contributed by atoms with van der Waals surface area (Å²) in [5.41, 5.74) is 4.24. The van der Waals surface area contributed by atoms with E-state index in [1.807, 2.05) is 26.8 Å². The SMILES string of the molecule is CC.Cc1ccc2c(c1)C(=O)C1=C2C=CCS1. The molecule has 0 spiro atoms. The van der Waals surface area contributed by atoms with Gasteiger partial charge in [0.1, 0.15) is 0 Å². The Morgan fingerprint density at radius 1 is 1.18 bits per heavy atom. The zero-order chi connectivity index (χ0) is 12.4. The van der Waals surface area contributed by atoms with Crippen molar-refractivity contribution in [3.8, 4) is 0 Å². The van der Waals surface area contributed by atoms with E-state index in [1.165, 1.54) is 0 Å². The molecule has 0 N–H and O–H groups in total. The highest BCUT2D eigenvalue weighted by Gasteiger charge is 2.29. The van der Waals surface area contributed by atoms with Crippen LogP contribution in [0.2, 0.25) is 0 Å². The van der Waals surface area contributed by atoms with Crippen LogP contribution in [0.25, 0.3) is 5.57 Å². The smallest absolute Gasteiger partial charge is 0.200 e. The van der Waals surface area contributed by atoms with Crippen LogP contribution in [0.1, 0.15) is 35.3 Å². The van der Waals surface area contributed by atoms with Crippen LogP contribution in [0, 0.1) is 6.92 Å². The average Bonchev–Trinajstić information content (AvgIpc) is 2.66. The van der Waals surface area contributed by atoms with Crippen molar-refractivity contribution in [2.75, 3.05) is 5.75 Å². The van der Waals surface area contributed by atoms with E-state index in [1.54, 1.807) is 11.8 Å². The fraction of sp³-hybridized carbons (Fsp3) is 0.267. The molecule has 0 aromatic heterocycles. The van der Waals surface area contributed by atoms with Gasteiger partial charge < -0.3 is 0 Å². The van der Waals surface area contributed by atoms with E-state index in [4.69, 9.17) is 0 Å². The van der Waals surface area contributed by atoms with Crippen LogP contribution >= 0.6 is 11.8 Å². The lowest BCUT2D eigenvalue weighted by Crippen LogP contribution is -1.97. The van der Waals surface area contributed by atoms with Gasteiger partial charge >= 0.3 is 0 Å². The van der Waals surface area contributed by atoms with Gasteiger partial charge in [0, 0.05) is 11.3 Å². The molecule has 0 saturated heterocycles. The first kappa shape index (κ1) is 12.2. The van der Waals surface area contributed by atoms with Crippen molar-refractivity contribution in [2.24, 2.45) is 0 Å². The number of thioether (sulfide) groups is 1. The molecule has 0 amide bonds. The van der Waals surface area contributed by atoms with E-state index in [9.17, 15) is 4.79 Å². The third-order valence-corrected chi connectivity index (χ3v) is 3.82. The van der Waals surface area contributed by atoms with Gasteiger partial charge in [0.05, 0.1) is 4.91 Å². The molecule has 1 aromatic carbocycles. The quantitative estimate of drug-likeness (QED) is 0.679. The normalized spacial score (nSPS) is 16.3. The van der Waals surface area contributed by atoms with E-state index in [-0.39, 0.29) is 5.78 Å². The first-order valence-electron chi connectivity index (χ1n) is 5.97. The summed E-state index contributed by atoms with van der Waals surface area (Å²) in [4.78, 5) is 13.0. The molecule has 0 atom stereocenters. The third-order valence-electron chi connectivity index (χ3n) is 2.77. The zero-order valence-electron chi connectivity index (χ0n) is 10.4. The highest BCUT2D eigenvalue weighted by atomic mass is 32.2. The largest absolute Gasteiger partial charge is 0.288 e. The number of fused-ring (bicyclic) bond motifs is 2. The summed E-state index contributed by atoms with van der Waals surface area (Å²) in [5.74, 6) is 1.12. The fourth-order valence-electron chi connectivity index (χ4n) is 2.05. The van der Waals surface area contributed by atoms with Crippen LogP contribution in [-0.4, -0.2) is 11.5 Å². The van der Waals surface area contributed by atoms with Crippen LogP contribution in [0.3, 0.4) is 0 Å². The monoisotopic (exact) mass is 244 g/mol. The molecule has 17 heavy (non-hydrogen) atoms. The lowest BCUT2D eigenvalue weighted by atomic mass is 10.0. The number of benzene rings is 1. The van der Waals surface area contributed by atoms with Crippen molar-refractivity contribution in [2.45, 2.75) is 20.8 Å². The van der Waals surface area contributed by atoms with Crippen LogP contribution in [0.5, 0.6) is 0 Å². The molecule has 0 saturated carbocycles. The Labute approximate surface area is 107 Å². The first-order chi connectivity index (χ1) is 8.27. The maximum absolute atomic E-state index is 12.1. The number of rotatable bonds is 0. The highest BCUT2D eigenvalue weighted by Crippen LogP contribution is 2.41. The summed E-state index contributed by atoms with van der Waals surface area (Å²) >= 11 is 1.65. The Morgan fingerprint density at radius 2 is 1.94 bits per heavy atom. The van der Waals surface area contributed by atoms with Gasteiger partial charge in [-0.1, -0.05) is 43.7 Å². The summed E-state index contributed by atoms with van der Waals surface area (Å²) in [7, 11) is 0. The minimum absolute atomic E-state index is 0.207. The maximum Gasteiger partial charge on any atom is 0.200 e. The summed E-state index contributed by atoms with van der Waals surface area (Å²) in [6, 6.07) is 6.11. The Morgan fingerprint density at radius 3 is 2.71 bits per heavy atom. The number of hydrogen-bond acceptors (Lipinski definition) is 2. The molecule has 2 aliphatic rings. The molecule has 0 unspecified atom stereocenters. The number of carbonyl (C=O) groups excluding carboxylic acids is 1. The van der Waals surface area contributed by atoms with E-state index < -0.39 is 0 Å². The van der Waals surface area contributed by atoms with Crippen LogP contribution in [-0.2, 0) is 0 Å². The number of Topliss-reactive ketones (excluding diaryl/α,β-unsaturated/α-hetero) is 1. The summed E-state index contributed by atoms with van der Waals surface area (Å²) in [6.07, 6.45) is 4.19. The molecular weight excluding hydrogens is 228 g/mol. The maximum atomic E-state index is 12.1. The molecule has 1 aliphatic carbocycles. The van der Waals surface area contributed by atoms with E-state index in [0.29, 0.717) is 0 Å². The molecule has 0 radical (unpaired) electrons. The molecule has 88 valence electrons. The zero-order valence-corrected chi connectivity index (χ0v) is 11.2. The van der Waals surface area contributed by atoms with Crippen molar-refractivity contribution in [3.05, 3.63) is 51.9 Å². The summed E-state index contributed by atoms with van der Waals surface area (Å²) in [5, 5.41) is 0. The minimum Gasteiger partial charge on any atom is -0.288 e. The molecule has 2 heteroatoms. The predicted molar refractivity (Wildman–Crippen MR) is 75.4 cm³/mol. The second-order valence-electron chi connectivity index (χ2n) is 3.83. The van der Waals surface area contributed by atoms with Gasteiger partial charge in [-0.15, -0.1) is 11.8 Å². The van der Waals surface area contributed by atoms with Gasteiger partial charge in [-0.05, 0) is 24.1 Å². The van der Waals surface area contributed by atoms with Crippen LogP contribution < -0.4 is 0 Å². The summed E-state index contributed by atoms with van der Waals surface area (Å²) < 4.78 is 0. The highest BCUT2D eigenvalue weighted by molar-refractivity contribution is 8.04. The Bertz CT molecular complexity index is 524. The Kier molecular flexibility index (Phi) is 3.53. The summed E-state index contributed by atoms with van der Waals surface area (Å²) in [6.45, 7) is 6.02. The van der Waals surface area contributed by atoms with Crippen LogP contribution in [0.15, 0.2) is 35.3 Å². The van der Waals surface area contributed by atoms with Gasteiger partial charge in [-0.25, -0.2) is 0 Å². The lowest BCUT2D eigenvalue weighted by molar-refractivity contribution is 0.104. The van der Waals surface area contributed by atoms with Crippen molar-refractivity contribution < 1.29 is 4.79 Å². The number of aryl methyl sites for hydroxylation is 1. The number of allylic oxidation sites excluding steroid dienone is 3. The van der Waals surface area contributed by atoms with Gasteiger partial charge in [-0.2, -0.15) is 0 Å². The molecule has 1 aliphatic heterocycles. The van der Waals surface area contributed by atoms with E-state index >= 15 is 0 Å². The second kappa shape index (κ2) is 4.92. The third kappa shape index (κ3) is 1.98. The van der Waals surface area contributed by atoms with E-state index in [0.717, 1.165) is 32.9 Å². The molecule has 1 nitrogen and oxygen atoms in total. The van der Waals surface area contributed by atoms with Crippen molar-refractivity contribution >= 4 is 23.1 Å². The standard InChI is InChI=1S/C13H10OS.C2H6/c1-8-4-5-9-10-3-2-6-15-13(10)12(14)11(9)7-8;1-2/h2-5,7H,6H2,1H3;1-2H3. The predicted octanol–water partition coefficient (Wildman–Crippen LogP) is 4.23. The van der Waals surface area contributed by atoms with Crippen LogP contribution in [0.4, 0.5) is 0 Å². The Balaban J connectivity index is 0.000000514. The second-order valence-corrected chi connectivity index (χ2v) is 4.86. The molecule has 0 bridgehead atoms. The van der Waals surface area contributed by atoms with E-state index in [2.05, 4.69) is 24.3 Å². The van der Waals surface area contributed by atoms with Gasteiger partial charge in [0.15, 0.2) is 0 Å². The van der Waals surface area contributed by atoms with Gasteiger partial charge in [0.25, 0.3) is 0 Å². The molecule has 0 fully saturated rings. The van der Waals surface area contributed by atoms with Gasteiger partial charge in [0.2, 0.25) is 5.78 Å². The number of hydrogen-bond donors (Lipinski definition) is 0. The molecule has 3 rings (SSSR count). The van der Waals surface area contributed by atoms with Gasteiger partial charge in [-0.3, -0.25) is 4.79 Å². The number of carbonyl (C=O) groups is 1. The molecular formula is C15H16OS. The van der Waals surface area contributed by atoms with Crippen molar-refractivity contribution in [1.82, 2.24) is 0 Å². The average molecular weight is 244 g/mol. The first-order valence-corrected chi connectivity index (χ1v) is 6.95. The Hall–Kier alpha value is -1.28. The van der Waals surface area contributed by atoms with Crippen molar-refractivity contribution in [1.29, 1.82) is 0 Å². The topological polar surface area (TPSA) is 17.1 Å². The molecule has 1 heterocycles. The van der Waals surface area contributed by atoms with Crippen molar-refractivity contribution in [3.63, 3.8) is 0 Å². The fourth-order valence-corrected chi connectivity index (χ4v) is 2.99. The lowest BCUT2D eigenvalue weighted by Gasteiger charge is -2.05. The number of ketones is 1.